The number of tetrazole rings is 1. The zero-order valence-electron chi connectivity index (χ0n) is 19.0. The molecule has 11 nitrogen and oxygen atoms in total. The SMILES string of the molecule is Cc1c([C@@H](O)CN2CC[C@H](NC(=O)c3ccc(-n4cnnn4)nc3)[C@H](F)C2)ccc2c1COC2=O. The van der Waals surface area contributed by atoms with Crippen LogP contribution in [0, 0.1) is 6.92 Å². The molecule has 4 heterocycles. The predicted octanol–water partition coefficient (Wildman–Crippen LogP) is 0.912. The lowest BCUT2D eigenvalue weighted by molar-refractivity contribution is 0.0527. The van der Waals surface area contributed by atoms with Crippen LogP contribution >= 0.6 is 0 Å². The summed E-state index contributed by atoms with van der Waals surface area (Å²) < 4.78 is 21.4. The Bertz CT molecular complexity index is 1240. The van der Waals surface area contributed by atoms with Crippen LogP contribution in [0.1, 0.15) is 49.9 Å². The van der Waals surface area contributed by atoms with Crippen molar-refractivity contribution >= 4 is 11.9 Å². The maximum atomic E-state index is 14.9. The first kappa shape index (κ1) is 23.0. The molecule has 35 heavy (non-hydrogen) atoms. The molecule has 2 N–H and O–H groups in total. The van der Waals surface area contributed by atoms with Gasteiger partial charge in [0.2, 0.25) is 0 Å². The minimum absolute atomic E-state index is 0.0874. The molecule has 2 aliphatic rings. The maximum absolute atomic E-state index is 14.9. The number of aromatic nitrogens is 5. The van der Waals surface area contributed by atoms with Gasteiger partial charge in [-0.05, 0) is 53.1 Å². The van der Waals surface area contributed by atoms with Crippen LogP contribution in [0.5, 0.6) is 0 Å². The summed E-state index contributed by atoms with van der Waals surface area (Å²) in [6, 6.07) is 5.94. The van der Waals surface area contributed by atoms with E-state index in [0.717, 1.165) is 11.1 Å². The Morgan fingerprint density at radius 2 is 2.20 bits per heavy atom. The van der Waals surface area contributed by atoms with Crippen LogP contribution in [-0.4, -0.2) is 78.9 Å². The Morgan fingerprint density at radius 1 is 1.34 bits per heavy atom. The third kappa shape index (κ3) is 4.62. The van der Waals surface area contributed by atoms with E-state index in [0.29, 0.717) is 35.5 Å². The Balaban J connectivity index is 1.16. The fourth-order valence-electron chi connectivity index (χ4n) is 4.54. The van der Waals surface area contributed by atoms with Gasteiger partial charge in [-0.25, -0.2) is 14.2 Å². The first-order valence-electron chi connectivity index (χ1n) is 11.2. The number of nitrogens with zero attached hydrogens (tertiary/aromatic N) is 6. The van der Waals surface area contributed by atoms with E-state index in [9.17, 15) is 19.1 Å². The van der Waals surface area contributed by atoms with E-state index in [4.69, 9.17) is 4.74 Å². The van der Waals surface area contributed by atoms with Gasteiger partial charge in [0.25, 0.3) is 5.91 Å². The van der Waals surface area contributed by atoms with Crippen molar-refractivity contribution in [2.45, 2.75) is 38.3 Å². The van der Waals surface area contributed by atoms with Crippen LogP contribution in [0.4, 0.5) is 4.39 Å². The van der Waals surface area contributed by atoms with Gasteiger partial charge < -0.3 is 15.2 Å². The normalized spacial score (nSPS) is 20.8. The number of hydrogen-bond donors (Lipinski definition) is 2. The van der Waals surface area contributed by atoms with Gasteiger partial charge in [0.15, 0.2) is 5.82 Å². The van der Waals surface area contributed by atoms with Crippen LogP contribution in [0.15, 0.2) is 36.8 Å². The number of likely N-dealkylation sites (tertiary alicyclic amines) is 1. The van der Waals surface area contributed by atoms with E-state index in [1.165, 1.54) is 17.2 Å². The number of carbonyl (C=O) groups is 2. The van der Waals surface area contributed by atoms with Gasteiger partial charge in [-0.3, -0.25) is 9.69 Å². The molecular weight excluding hydrogens is 457 g/mol. The number of amides is 1. The number of cyclic esters (lactones) is 1. The molecule has 3 atom stereocenters. The number of benzene rings is 1. The number of alkyl halides is 1. The topological polar surface area (TPSA) is 135 Å². The minimum Gasteiger partial charge on any atom is -0.457 e. The molecule has 0 bridgehead atoms. The van der Waals surface area contributed by atoms with Crippen molar-refractivity contribution in [2.24, 2.45) is 0 Å². The van der Waals surface area contributed by atoms with Gasteiger partial charge in [-0.1, -0.05) is 6.07 Å². The summed E-state index contributed by atoms with van der Waals surface area (Å²) in [6.45, 7) is 2.91. The summed E-state index contributed by atoms with van der Waals surface area (Å²) >= 11 is 0. The number of hydrogen-bond acceptors (Lipinski definition) is 9. The van der Waals surface area contributed by atoms with Crippen molar-refractivity contribution in [3.05, 3.63) is 64.6 Å². The van der Waals surface area contributed by atoms with Crippen LogP contribution in [0.2, 0.25) is 0 Å². The van der Waals surface area contributed by atoms with E-state index in [1.807, 2.05) is 11.8 Å². The Morgan fingerprint density at radius 3 is 2.91 bits per heavy atom. The standard InChI is InChI=1S/C23H24FN7O4/c1-13-15(3-4-16-17(13)11-35-23(16)34)20(32)10-30-7-6-19(18(24)9-30)27-22(33)14-2-5-21(25-8-14)31-12-26-28-29-31/h2-5,8,12,18-20,32H,6-7,9-11H2,1H3,(H,27,33)/t18-,19+,20+/m1/s1. The number of nitrogens with one attached hydrogen (secondary N) is 1. The number of fused-ring (bicyclic) bond motifs is 1. The molecule has 1 aromatic carbocycles. The van der Waals surface area contributed by atoms with Crippen LogP contribution in [-0.2, 0) is 11.3 Å². The molecular formula is C23H24FN7O4. The number of aliphatic hydroxyl groups is 1. The number of β-amino-alcohol motifs (C(OH)–C–C–N with tert-alkyl or cyclic N) is 1. The summed E-state index contributed by atoms with van der Waals surface area (Å²) in [5.41, 5.74) is 3.14. The molecule has 0 aliphatic carbocycles. The van der Waals surface area contributed by atoms with Crippen LogP contribution < -0.4 is 5.32 Å². The van der Waals surface area contributed by atoms with Gasteiger partial charge in [0, 0.05) is 31.4 Å². The second-order valence-electron chi connectivity index (χ2n) is 8.70. The summed E-state index contributed by atoms with van der Waals surface area (Å²) in [4.78, 5) is 30.3. The highest BCUT2D eigenvalue weighted by molar-refractivity contribution is 5.94. The minimum atomic E-state index is -1.29. The van der Waals surface area contributed by atoms with E-state index in [-0.39, 0.29) is 25.7 Å². The van der Waals surface area contributed by atoms with Crippen molar-refractivity contribution in [2.75, 3.05) is 19.6 Å². The summed E-state index contributed by atoms with van der Waals surface area (Å²) in [7, 11) is 0. The maximum Gasteiger partial charge on any atom is 0.338 e. The summed E-state index contributed by atoms with van der Waals surface area (Å²) in [6.07, 6.45) is 1.06. The molecule has 1 amide bonds. The van der Waals surface area contributed by atoms with Crippen molar-refractivity contribution in [1.82, 2.24) is 35.4 Å². The van der Waals surface area contributed by atoms with Crippen molar-refractivity contribution < 1.29 is 23.8 Å². The van der Waals surface area contributed by atoms with Gasteiger partial charge in [0.1, 0.15) is 19.1 Å². The molecule has 182 valence electrons. The number of carbonyl (C=O) groups excluding carboxylic acids is 2. The van der Waals surface area contributed by atoms with Gasteiger partial charge in [-0.2, -0.15) is 4.68 Å². The number of aliphatic hydroxyl groups excluding tert-OH is 1. The van der Waals surface area contributed by atoms with Crippen molar-refractivity contribution in [1.29, 1.82) is 0 Å². The molecule has 1 fully saturated rings. The molecule has 0 unspecified atom stereocenters. The van der Waals surface area contributed by atoms with E-state index in [2.05, 4.69) is 25.8 Å². The zero-order valence-corrected chi connectivity index (χ0v) is 19.0. The lowest BCUT2D eigenvalue weighted by Crippen LogP contribution is -2.53. The molecule has 0 saturated carbocycles. The fraction of sp³-hybridized carbons (Fsp3) is 0.391. The van der Waals surface area contributed by atoms with E-state index < -0.39 is 24.2 Å². The highest BCUT2D eigenvalue weighted by atomic mass is 19.1. The molecule has 5 rings (SSSR count). The zero-order chi connectivity index (χ0) is 24.5. The van der Waals surface area contributed by atoms with Crippen LogP contribution in [0.25, 0.3) is 5.82 Å². The Kier molecular flexibility index (Phi) is 6.22. The quantitative estimate of drug-likeness (QED) is 0.493. The highest BCUT2D eigenvalue weighted by Gasteiger charge is 2.32. The number of pyridine rings is 1. The highest BCUT2D eigenvalue weighted by Crippen LogP contribution is 2.30. The largest absolute Gasteiger partial charge is 0.457 e. The lowest BCUT2D eigenvalue weighted by atomic mass is 9.94. The molecule has 0 radical (unpaired) electrons. The van der Waals surface area contributed by atoms with Gasteiger partial charge >= 0.3 is 5.97 Å². The number of rotatable bonds is 6. The van der Waals surface area contributed by atoms with Crippen LogP contribution in [0.3, 0.4) is 0 Å². The third-order valence-corrected chi connectivity index (χ3v) is 6.53. The average molecular weight is 481 g/mol. The number of piperidine rings is 1. The Hall–Kier alpha value is -3.77. The van der Waals surface area contributed by atoms with E-state index in [1.54, 1.807) is 24.3 Å². The fourth-order valence-corrected chi connectivity index (χ4v) is 4.54. The smallest absolute Gasteiger partial charge is 0.338 e. The first-order chi connectivity index (χ1) is 16.9. The number of esters is 1. The van der Waals surface area contributed by atoms with Gasteiger partial charge in [-0.15, -0.1) is 5.10 Å². The predicted molar refractivity (Wildman–Crippen MR) is 119 cm³/mol. The summed E-state index contributed by atoms with van der Waals surface area (Å²) in [5.74, 6) is -0.306. The molecule has 2 aliphatic heterocycles. The summed E-state index contributed by atoms with van der Waals surface area (Å²) in [5, 5.41) is 24.4. The van der Waals surface area contributed by atoms with Crippen molar-refractivity contribution in [3.63, 3.8) is 0 Å². The number of halogens is 1. The Labute approximate surface area is 199 Å². The van der Waals surface area contributed by atoms with Gasteiger partial charge in [0.05, 0.1) is 23.3 Å². The third-order valence-electron chi connectivity index (χ3n) is 6.53. The average Bonchev–Trinajstić information content (AvgIpc) is 3.52. The molecule has 2 aromatic heterocycles. The van der Waals surface area contributed by atoms with Crippen molar-refractivity contribution in [3.8, 4) is 5.82 Å². The second kappa shape index (κ2) is 9.47. The molecule has 3 aromatic rings. The number of ether oxygens (including phenoxy) is 1. The molecule has 12 heteroatoms. The molecule has 1 saturated heterocycles. The molecule has 0 spiro atoms. The monoisotopic (exact) mass is 481 g/mol. The first-order valence-corrected chi connectivity index (χ1v) is 11.2. The van der Waals surface area contributed by atoms with E-state index >= 15 is 0 Å². The lowest BCUT2D eigenvalue weighted by Gasteiger charge is -2.36. The second-order valence-corrected chi connectivity index (χ2v) is 8.70.